The summed E-state index contributed by atoms with van der Waals surface area (Å²) in [7, 11) is 0. The van der Waals surface area contributed by atoms with Gasteiger partial charge >= 0.3 is 5.97 Å². The number of esters is 1. The Morgan fingerprint density at radius 3 is 2.15 bits per heavy atom. The number of rotatable bonds is 4. The van der Waals surface area contributed by atoms with E-state index in [0.29, 0.717) is 11.1 Å². The van der Waals surface area contributed by atoms with E-state index < -0.39 is 29.2 Å². The minimum absolute atomic E-state index is 0.0284. The van der Waals surface area contributed by atoms with Gasteiger partial charge in [0.05, 0.1) is 12.1 Å². The molecule has 0 radical (unpaired) electrons. The number of hydrogen-bond donors (Lipinski definition) is 0. The summed E-state index contributed by atoms with van der Waals surface area (Å²) in [6, 6.07) is 23.5. The van der Waals surface area contributed by atoms with Crippen molar-refractivity contribution in [3.05, 3.63) is 119 Å². The lowest BCUT2D eigenvalue weighted by atomic mass is 9.83. The fraction of sp³-hybridized carbons (Fsp3) is 0.0741. The molecule has 1 fully saturated rings. The average Bonchev–Trinajstić information content (AvgIpc) is 3.27. The first-order chi connectivity index (χ1) is 16.0. The molecule has 0 aromatic heterocycles. The Bertz CT molecular complexity index is 1310. The number of carbonyl (C=O) groups excluding carboxylic acids is 3. The van der Waals surface area contributed by atoms with Crippen LogP contribution in [-0.2, 0) is 25.7 Å². The standard InChI is InChI=1S/C27H18FNO4/c28-21-13-11-20(12-14-21)22-16-24(30)33-27(22)23(15-18-7-3-1-4-8-18)25(31)29(26(27)32)17-19-9-5-2-6-10-19/h1-16H,17H2/b23-15+. The van der Waals surface area contributed by atoms with Crippen molar-refractivity contribution in [1.29, 1.82) is 0 Å². The van der Waals surface area contributed by atoms with Gasteiger partial charge in [0, 0.05) is 11.6 Å². The molecule has 5 nitrogen and oxygen atoms in total. The van der Waals surface area contributed by atoms with E-state index in [0.717, 1.165) is 10.5 Å². The Balaban J connectivity index is 1.68. The third-order valence-corrected chi connectivity index (χ3v) is 5.75. The average molecular weight is 439 g/mol. The number of halogens is 1. The summed E-state index contributed by atoms with van der Waals surface area (Å²) in [5.41, 5.74) is 0.169. The number of hydrogen-bond acceptors (Lipinski definition) is 4. The lowest BCUT2D eigenvalue weighted by Crippen LogP contribution is -2.42. The van der Waals surface area contributed by atoms with Gasteiger partial charge in [0.1, 0.15) is 5.82 Å². The lowest BCUT2D eigenvalue weighted by Gasteiger charge is -2.25. The van der Waals surface area contributed by atoms with Crippen LogP contribution in [0.15, 0.2) is 96.6 Å². The van der Waals surface area contributed by atoms with Gasteiger partial charge in [-0.15, -0.1) is 0 Å². The molecule has 0 N–H and O–H groups in total. The molecule has 1 saturated heterocycles. The molecule has 0 bridgehead atoms. The first kappa shape index (κ1) is 20.6. The Hall–Kier alpha value is -4.32. The van der Waals surface area contributed by atoms with Crippen molar-refractivity contribution in [1.82, 2.24) is 4.90 Å². The van der Waals surface area contributed by atoms with Crippen LogP contribution in [0.3, 0.4) is 0 Å². The Morgan fingerprint density at radius 2 is 1.48 bits per heavy atom. The van der Waals surface area contributed by atoms with Gasteiger partial charge in [-0.05, 0) is 34.9 Å². The minimum Gasteiger partial charge on any atom is -0.435 e. The molecular weight excluding hydrogens is 421 g/mol. The van der Waals surface area contributed by atoms with Crippen LogP contribution in [0.25, 0.3) is 11.6 Å². The van der Waals surface area contributed by atoms with Crippen LogP contribution < -0.4 is 0 Å². The maximum absolute atomic E-state index is 13.8. The summed E-state index contributed by atoms with van der Waals surface area (Å²) >= 11 is 0. The summed E-state index contributed by atoms with van der Waals surface area (Å²) in [6.07, 6.45) is 2.77. The molecule has 5 rings (SSSR count). The maximum atomic E-state index is 13.8. The van der Waals surface area contributed by atoms with Gasteiger partial charge in [-0.1, -0.05) is 72.8 Å². The number of ether oxygens (including phenoxy) is 1. The normalized spacial score (nSPS) is 21.1. The summed E-state index contributed by atoms with van der Waals surface area (Å²) in [6.45, 7) is 0.0284. The predicted octanol–water partition coefficient (Wildman–Crippen LogP) is 4.16. The van der Waals surface area contributed by atoms with Crippen molar-refractivity contribution >= 4 is 29.4 Å². The molecule has 1 spiro atoms. The Labute approximate surface area is 189 Å². The lowest BCUT2D eigenvalue weighted by molar-refractivity contribution is -0.155. The van der Waals surface area contributed by atoms with E-state index >= 15 is 0 Å². The molecule has 33 heavy (non-hydrogen) atoms. The monoisotopic (exact) mass is 439 g/mol. The van der Waals surface area contributed by atoms with Crippen molar-refractivity contribution < 1.29 is 23.5 Å². The maximum Gasteiger partial charge on any atom is 0.332 e. The van der Waals surface area contributed by atoms with E-state index in [1.807, 2.05) is 36.4 Å². The number of likely N-dealkylation sites (tertiary alicyclic amines) is 1. The molecule has 2 aliphatic heterocycles. The molecule has 6 heteroatoms. The number of amides is 2. The van der Waals surface area contributed by atoms with Crippen molar-refractivity contribution in [3.8, 4) is 0 Å². The molecule has 0 aliphatic carbocycles. The third kappa shape index (κ3) is 3.46. The highest BCUT2D eigenvalue weighted by Gasteiger charge is 2.63. The topological polar surface area (TPSA) is 63.7 Å². The number of imide groups is 1. The second kappa shape index (κ2) is 7.98. The van der Waals surface area contributed by atoms with E-state index in [1.165, 1.54) is 30.3 Å². The molecule has 162 valence electrons. The van der Waals surface area contributed by atoms with E-state index in [-0.39, 0.29) is 17.7 Å². The number of carbonyl (C=O) groups is 3. The van der Waals surface area contributed by atoms with Gasteiger partial charge in [-0.25, -0.2) is 9.18 Å². The fourth-order valence-corrected chi connectivity index (χ4v) is 4.21. The van der Waals surface area contributed by atoms with Gasteiger partial charge in [0.25, 0.3) is 11.8 Å². The number of nitrogens with zero attached hydrogens (tertiary/aromatic N) is 1. The summed E-state index contributed by atoms with van der Waals surface area (Å²) in [4.78, 5) is 41.0. The van der Waals surface area contributed by atoms with Gasteiger partial charge in [-0.3, -0.25) is 14.5 Å². The van der Waals surface area contributed by atoms with E-state index in [9.17, 15) is 18.8 Å². The van der Waals surface area contributed by atoms with E-state index in [2.05, 4.69) is 0 Å². The van der Waals surface area contributed by atoms with Crippen LogP contribution in [0.1, 0.15) is 16.7 Å². The molecule has 2 aliphatic rings. The molecule has 0 saturated carbocycles. The highest BCUT2D eigenvalue weighted by Crippen LogP contribution is 2.48. The largest absolute Gasteiger partial charge is 0.435 e. The highest BCUT2D eigenvalue weighted by molar-refractivity contribution is 6.29. The Kier molecular flexibility index (Phi) is 4.98. The smallest absolute Gasteiger partial charge is 0.332 e. The van der Waals surface area contributed by atoms with Gasteiger partial charge < -0.3 is 4.74 Å². The predicted molar refractivity (Wildman–Crippen MR) is 120 cm³/mol. The summed E-state index contributed by atoms with van der Waals surface area (Å²) < 4.78 is 19.2. The van der Waals surface area contributed by atoms with Crippen LogP contribution in [0.4, 0.5) is 4.39 Å². The van der Waals surface area contributed by atoms with E-state index in [4.69, 9.17) is 4.74 Å². The zero-order chi connectivity index (χ0) is 23.0. The van der Waals surface area contributed by atoms with Crippen molar-refractivity contribution in [2.24, 2.45) is 0 Å². The van der Waals surface area contributed by atoms with Gasteiger partial charge in [-0.2, -0.15) is 0 Å². The Morgan fingerprint density at radius 1 is 0.848 bits per heavy atom. The zero-order valence-corrected chi connectivity index (χ0v) is 17.4. The summed E-state index contributed by atoms with van der Waals surface area (Å²) in [5, 5.41) is 0. The van der Waals surface area contributed by atoms with Gasteiger partial charge in [0.2, 0.25) is 5.60 Å². The zero-order valence-electron chi connectivity index (χ0n) is 17.4. The summed E-state index contributed by atoms with van der Waals surface area (Å²) in [5.74, 6) is -2.40. The van der Waals surface area contributed by atoms with E-state index in [1.54, 1.807) is 30.3 Å². The third-order valence-electron chi connectivity index (χ3n) is 5.75. The van der Waals surface area contributed by atoms with Crippen molar-refractivity contribution in [3.63, 3.8) is 0 Å². The molecular formula is C27H18FNO4. The van der Waals surface area contributed by atoms with Crippen LogP contribution >= 0.6 is 0 Å². The number of benzene rings is 3. The van der Waals surface area contributed by atoms with Crippen LogP contribution in [-0.4, -0.2) is 28.3 Å². The van der Waals surface area contributed by atoms with Crippen LogP contribution in [0.2, 0.25) is 0 Å². The van der Waals surface area contributed by atoms with Crippen molar-refractivity contribution in [2.75, 3.05) is 0 Å². The van der Waals surface area contributed by atoms with Crippen molar-refractivity contribution in [2.45, 2.75) is 12.1 Å². The highest BCUT2D eigenvalue weighted by atomic mass is 19.1. The molecule has 1 unspecified atom stereocenters. The van der Waals surface area contributed by atoms with Crippen LogP contribution in [0.5, 0.6) is 0 Å². The molecule has 2 heterocycles. The molecule has 2 amide bonds. The molecule has 3 aromatic carbocycles. The van der Waals surface area contributed by atoms with Crippen LogP contribution in [0, 0.1) is 5.82 Å². The first-order valence-electron chi connectivity index (χ1n) is 10.4. The first-order valence-corrected chi connectivity index (χ1v) is 10.4. The minimum atomic E-state index is -1.93. The molecule has 1 atom stereocenters. The molecule has 3 aromatic rings. The second-order valence-corrected chi connectivity index (χ2v) is 7.82. The SMILES string of the molecule is O=C1C=C(c2ccc(F)cc2)C2(O1)C(=O)N(Cc1ccccc1)C(=O)/C2=C\c1ccccc1. The quantitative estimate of drug-likeness (QED) is 0.348. The van der Waals surface area contributed by atoms with Gasteiger partial charge in [0.15, 0.2) is 0 Å². The second-order valence-electron chi connectivity index (χ2n) is 7.82. The fourth-order valence-electron chi connectivity index (χ4n) is 4.21.